The zero-order valence-corrected chi connectivity index (χ0v) is 16.6. The second-order valence-corrected chi connectivity index (χ2v) is 8.04. The lowest BCUT2D eigenvalue weighted by Crippen LogP contribution is -2.18. The van der Waals surface area contributed by atoms with Crippen LogP contribution in [-0.4, -0.2) is 21.9 Å². The van der Waals surface area contributed by atoms with Gasteiger partial charge in [-0.1, -0.05) is 12.5 Å². The van der Waals surface area contributed by atoms with Crippen LogP contribution in [0.4, 0.5) is 10.8 Å². The quantitative estimate of drug-likeness (QED) is 0.550. The van der Waals surface area contributed by atoms with Crippen LogP contribution >= 0.6 is 11.3 Å². The van der Waals surface area contributed by atoms with Gasteiger partial charge in [0.15, 0.2) is 0 Å². The molecule has 0 atom stereocenters. The van der Waals surface area contributed by atoms with Crippen LogP contribution in [0.1, 0.15) is 50.4 Å². The summed E-state index contributed by atoms with van der Waals surface area (Å²) < 4.78 is 0. The topological polar surface area (TPSA) is 91.3 Å². The minimum absolute atomic E-state index is 0.0971. The van der Waals surface area contributed by atoms with Gasteiger partial charge in [0.25, 0.3) is 11.8 Å². The fourth-order valence-electron chi connectivity index (χ4n) is 3.47. The summed E-state index contributed by atoms with van der Waals surface area (Å²) in [6.45, 7) is 0. The van der Waals surface area contributed by atoms with Crippen molar-refractivity contribution >= 4 is 34.0 Å². The summed E-state index contributed by atoms with van der Waals surface area (Å²) in [5.41, 5.74) is 1.98. The fraction of sp³-hybridized carbons (Fsp3) is 0.227. The molecular formula is C22H21N3O3S. The predicted octanol–water partition coefficient (Wildman–Crippen LogP) is 4.62. The van der Waals surface area contributed by atoms with Gasteiger partial charge in [-0.05, 0) is 67.6 Å². The molecule has 29 heavy (non-hydrogen) atoms. The summed E-state index contributed by atoms with van der Waals surface area (Å²) in [5.74, 6) is -0.000833. The van der Waals surface area contributed by atoms with E-state index < -0.39 is 0 Å². The maximum absolute atomic E-state index is 13.1. The summed E-state index contributed by atoms with van der Waals surface area (Å²) in [7, 11) is 0. The SMILES string of the molecule is O=C(Nc1sc2c(c1C(=O)Nc1ccccn1)CCCCC2)c1ccc(O)cc1. The molecule has 2 heterocycles. The number of fused-ring (bicyclic) bond motifs is 1. The van der Waals surface area contributed by atoms with Crippen molar-refractivity contribution in [2.75, 3.05) is 10.6 Å². The minimum atomic E-state index is -0.312. The lowest BCUT2D eigenvalue weighted by Gasteiger charge is -2.10. The highest BCUT2D eigenvalue weighted by Gasteiger charge is 2.26. The number of amides is 2. The highest BCUT2D eigenvalue weighted by molar-refractivity contribution is 7.17. The van der Waals surface area contributed by atoms with Crippen LogP contribution in [0.25, 0.3) is 0 Å². The molecule has 0 saturated heterocycles. The third-order valence-corrected chi connectivity index (χ3v) is 6.12. The van der Waals surface area contributed by atoms with Crippen molar-refractivity contribution < 1.29 is 14.7 Å². The van der Waals surface area contributed by atoms with Crippen LogP contribution in [0, 0.1) is 0 Å². The molecule has 1 aliphatic rings. The number of hydrogen-bond acceptors (Lipinski definition) is 5. The van der Waals surface area contributed by atoms with Gasteiger partial charge in [0, 0.05) is 16.6 Å². The van der Waals surface area contributed by atoms with Crippen molar-refractivity contribution in [1.29, 1.82) is 0 Å². The number of phenols is 1. The highest BCUT2D eigenvalue weighted by atomic mass is 32.1. The average molecular weight is 407 g/mol. The monoisotopic (exact) mass is 407 g/mol. The molecule has 0 fully saturated rings. The van der Waals surface area contributed by atoms with Crippen molar-refractivity contribution in [2.24, 2.45) is 0 Å². The molecule has 2 amide bonds. The summed E-state index contributed by atoms with van der Waals surface area (Å²) in [6, 6.07) is 11.4. The molecular weight excluding hydrogens is 386 g/mol. The molecule has 0 spiro atoms. The van der Waals surface area contributed by atoms with E-state index in [4.69, 9.17) is 0 Å². The Hall–Kier alpha value is -3.19. The Morgan fingerprint density at radius 2 is 1.72 bits per heavy atom. The predicted molar refractivity (Wildman–Crippen MR) is 114 cm³/mol. The van der Waals surface area contributed by atoms with Gasteiger partial charge < -0.3 is 15.7 Å². The second kappa shape index (κ2) is 8.45. The number of nitrogens with zero attached hydrogens (tertiary/aromatic N) is 1. The highest BCUT2D eigenvalue weighted by Crippen LogP contribution is 2.38. The van der Waals surface area contributed by atoms with Gasteiger partial charge in [0.1, 0.15) is 16.6 Å². The molecule has 3 aromatic rings. The lowest BCUT2D eigenvalue weighted by molar-refractivity contribution is 0.102. The van der Waals surface area contributed by atoms with Gasteiger partial charge >= 0.3 is 0 Å². The Kier molecular flexibility index (Phi) is 5.57. The molecule has 0 bridgehead atoms. The van der Waals surface area contributed by atoms with Crippen molar-refractivity contribution in [3.8, 4) is 5.75 Å². The maximum atomic E-state index is 13.1. The third-order valence-electron chi connectivity index (χ3n) is 4.91. The van der Waals surface area contributed by atoms with Crippen molar-refractivity contribution in [1.82, 2.24) is 4.98 Å². The number of anilines is 2. The van der Waals surface area contributed by atoms with Gasteiger partial charge in [0.05, 0.1) is 5.56 Å². The molecule has 4 rings (SSSR count). The van der Waals surface area contributed by atoms with Crippen LogP contribution in [0.15, 0.2) is 48.7 Å². The molecule has 6 nitrogen and oxygen atoms in total. The summed E-state index contributed by atoms with van der Waals surface area (Å²) in [6.07, 6.45) is 6.61. The Morgan fingerprint density at radius 1 is 0.931 bits per heavy atom. The lowest BCUT2D eigenvalue weighted by atomic mass is 10.0. The Morgan fingerprint density at radius 3 is 2.48 bits per heavy atom. The first-order chi connectivity index (χ1) is 14.1. The van der Waals surface area contributed by atoms with E-state index in [-0.39, 0.29) is 17.6 Å². The third kappa shape index (κ3) is 4.30. The van der Waals surface area contributed by atoms with Crippen LogP contribution < -0.4 is 10.6 Å². The van der Waals surface area contributed by atoms with Crippen LogP contribution in [0.2, 0.25) is 0 Å². The molecule has 0 aliphatic heterocycles. The summed E-state index contributed by atoms with van der Waals surface area (Å²) in [4.78, 5) is 31.2. The number of pyridine rings is 1. The largest absolute Gasteiger partial charge is 0.508 e. The number of carbonyl (C=O) groups excluding carboxylic acids is 2. The standard InChI is InChI=1S/C22H21N3O3S/c26-15-11-9-14(10-12-15)20(27)25-22-19(16-6-2-1-3-7-17(16)29-22)21(28)24-18-8-4-5-13-23-18/h4-5,8-13,26H,1-3,6-7H2,(H,25,27)(H,23,24,28). The van der Waals surface area contributed by atoms with E-state index in [1.807, 2.05) is 6.07 Å². The molecule has 1 aromatic carbocycles. The number of aromatic hydroxyl groups is 1. The number of hydrogen-bond donors (Lipinski definition) is 3. The van der Waals surface area contributed by atoms with Gasteiger partial charge in [-0.25, -0.2) is 4.98 Å². The molecule has 148 valence electrons. The van der Waals surface area contributed by atoms with Gasteiger partial charge in [-0.15, -0.1) is 11.3 Å². The molecule has 3 N–H and O–H groups in total. The maximum Gasteiger partial charge on any atom is 0.260 e. The molecule has 7 heteroatoms. The van der Waals surface area contributed by atoms with Crippen LogP contribution in [-0.2, 0) is 12.8 Å². The molecule has 2 aromatic heterocycles. The molecule has 0 radical (unpaired) electrons. The fourth-order valence-corrected chi connectivity index (χ4v) is 4.76. The van der Waals surface area contributed by atoms with E-state index in [0.717, 1.165) is 42.5 Å². The number of nitrogens with one attached hydrogen (secondary N) is 2. The zero-order valence-electron chi connectivity index (χ0n) is 15.8. The molecule has 0 saturated carbocycles. The van der Waals surface area contributed by atoms with Gasteiger partial charge in [-0.3, -0.25) is 9.59 Å². The number of aryl methyl sites for hydroxylation is 1. The van der Waals surface area contributed by atoms with E-state index in [1.54, 1.807) is 30.5 Å². The first-order valence-electron chi connectivity index (χ1n) is 9.59. The molecule has 0 unspecified atom stereocenters. The Labute approximate surface area is 172 Å². The number of carbonyl (C=O) groups is 2. The van der Waals surface area contributed by atoms with E-state index in [2.05, 4.69) is 15.6 Å². The van der Waals surface area contributed by atoms with E-state index in [1.165, 1.54) is 23.5 Å². The number of aromatic nitrogens is 1. The summed E-state index contributed by atoms with van der Waals surface area (Å²) >= 11 is 1.48. The van der Waals surface area contributed by atoms with Crippen molar-refractivity contribution in [3.05, 3.63) is 70.2 Å². The summed E-state index contributed by atoms with van der Waals surface area (Å²) in [5, 5.41) is 15.7. The number of rotatable bonds is 4. The number of phenolic OH excluding ortho intramolecular Hbond substituents is 1. The zero-order chi connectivity index (χ0) is 20.2. The Balaban J connectivity index is 1.66. The Bertz CT molecular complexity index is 1030. The number of benzene rings is 1. The first kappa shape index (κ1) is 19.1. The number of thiophene rings is 1. The first-order valence-corrected chi connectivity index (χ1v) is 10.4. The van der Waals surface area contributed by atoms with Crippen molar-refractivity contribution in [2.45, 2.75) is 32.1 Å². The molecule has 1 aliphatic carbocycles. The normalized spacial score (nSPS) is 13.2. The van der Waals surface area contributed by atoms with Crippen LogP contribution in [0.3, 0.4) is 0 Å². The van der Waals surface area contributed by atoms with E-state index in [9.17, 15) is 14.7 Å². The van der Waals surface area contributed by atoms with E-state index >= 15 is 0 Å². The average Bonchev–Trinajstić information content (AvgIpc) is 2.89. The van der Waals surface area contributed by atoms with E-state index in [0.29, 0.717) is 21.9 Å². The van der Waals surface area contributed by atoms with Gasteiger partial charge in [0.2, 0.25) is 0 Å². The van der Waals surface area contributed by atoms with Crippen LogP contribution in [0.5, 0.6) is 5.75 Å². The minimum Gasteiger partial charge on any atom is -0.508 e. The smallest absolute Gasteiger partial charge is 0.260 e. The second-order valence-electron chi connectivity index (χ2n) is 6.94. The van der Waals surface area contributed by atoms with Gasteiger partial charge in [-0.2, -0.15) is 0 Å². The van der Waals surface area contributed by atoms with Crippen molar-refractivity contribution in [3.63, 3.8) is 0 Å².